The van der Waals surface area contributed by atoms with E-state index >= 15 is 0 Å². The van der Waals surface area contributed by atoms with Crippen molar-refractivity contribution in [3.8, 4) is 0 Å². The summed E-state index contributed by atoms with van der Waals surface area (Å²) in [4.78, 5) is 5.53. The van der Waals surface area contributed by atoms with Crippen LogP contribution in [0.1, 0.15) is 51.1 Å². The smallest absolute Gasteiger partial charge is 0.0476 e. The lowest BCUT2D eigenvalue weighted by Gasteiger charge is -2.45. The van der Waals surface area contributed by atoms with Gasteiger partial charge in [-0.25, -0.2) is 0 Å². The summed E-state index contributed by atoms with van der Waals surface area (Å²) in [5.74, 6) is 0.851. The molecule has 0 radical (unpaired) electrons. The Bertz CT molecular complexity index is 424. The van der Waals surface area contributed by atoms with E-state index in [1.165, 1.54) is 57.4 Å². The van der Waals surface area contributed by atoms with Crippen molar-refractivity contribution < 1.29 is 0 Å². The van der Waals surface area contributed by atoms with Crippen LogP contribution in [0.15, 0.2) is 30.3 Å². The van der Waals surface area contributed by atoms with Gasteiger partial charge in [0.1, 0.15) is 0 Å². The highest BCUT2D eigenvalue weighted by Gasteiger charge is 2.37. The van der Waals surface area contributed by atoms with Crippen LogP contribution in [-0.4, -0.2) is 42.0 Å². The third kappa shape index (κ3) is 3.32. The van der Waals surface area contributed by atoms with E-state index in [0.717, 1.165) is 12.0 Å². The normalized spacial score (nSPS) is 27.2. The van der Waals surface area contributed by atoms with Crippen LogP contribution >= 0.6 is 0 Å². The summed E-state index contributed by atoms with van der Waals surface area (Å²) in [6.45, 7) is 9.78. The van der Waals surface area contributed by atoms with Gasteiger partial charge >= 0.3 is 0 Å². The molecule has 2 nitrogen and oxygen atoms in total. The Morgan fingerprint density at radius 2 is 1.86 bits per heavy atom. The average molecular weight is 286 g/mol. The second-order valence-electron chi connectivity index (χ2n) is 6.85. The van der Waals surface area contributed by atoms with Crippen molar-refractivity contribution in [2.45, 2.75) is 51.6 Å². The van der Waals surface area contributed by atoms with Crippen LogP contribution in [-0.2, 0) is 0 Å². The van der Waals surface area contributed by atoms with E-state index < -0.39 is 0 Å². The molecule has 0 N–H and O–H groups in total. The molecule has 0 aromatic heterocycles. The number of rotatable bonds is 5. The number of benzene rings is 1. The van der Waals surface area contributed by atoms with Crippen molar-refractivity contribution in [2.24, 2.45) is 5.92 Å². The van der Waals surface area contributed by atoms with Gasteiger partial charge < -0.3 is 0 Å². The van der Waals surface area contributed by atoms with Gasteiger partial charge in [0, 0.05) is 31.7 Å². The quantitative estimate of drug-likeness (QED) is 0.809. The maximum Gasteiger partial charge on any atom is 0.0476 e. The van der Waals surface area contributed by atoms with Crippen molar-refractivity contribution >= 4 is 0 Å². The van der Waals surface area contributed by atoms with Crippen LogP contribution in [0.4, 0.5) is 0 Å². The summed E-state index contributed by atoms with van der Waals surface area (Å²) in [5.41, 5.74) is 1.51. The largest absolute Gasteiger partial charge is 0.297 e. The van der Waals surface area contributed by atoms with Gasteiger partial charge in [0.05, 0.1) is 0 Å². The Balaban J connectivity index is 1.78. The number of piperazine rings is 1. The van der Waals surface area contributed by atoms with Crippen molar-refractivity contribution in [1.29, 1.82) is 0 Å². The maximum atomic E-state index is 2.79. The summed E-state index contributed by atoms with van der Waals surface area (Å²) < 4.78 is 0. The minimum Gasteiger partial charge on any atom is -0.297 e. The molecule has 2 heteroatoms. The highest BCUT2D eigenvalue weighted by Crippen LogP contribution is 2.33. The van der Waals surface area contributed by atoms with E-state index in [9.17, 15) is 0 Å². The summed E-state index contributed by atoms with van der Waals surface area (Å²) >= 11 is 0. The molecule has 0 amide bonds. The zero-order valence-electron chi connectivity index (χ0n) is 13.7. The Labute approximate surface area is 130 Å². The van der Waals surface area contributed by atoms with Crippen LogP contribution in [0, 0.1) is 5.92 Å². The van der Waals surface area contributed by atoms with Gasteiger partial charge in [-0.15, -0.1) is 0 Å². The molecule has 1 aromatic rings. The van der Waals surface area contributed by atoms with Gasteiger partial charge in [0.25, 0.3) is 0 Å². The molecule has 3 rings (SSSR count). The molecule has 116 valence electrons. The van der Waals surface area contributed by atoms with E-state index in [2.05, 4.69) is 54.0 Å². The molecular weight excluding hydrogens is 256 g/mol. The molecule has 21 heavy (non-hydrogen) atoms. The molecule has 2 unspecified atom stereocenters. The van der Waals surface area contributed by atoms with E-state index in [0.29, 0.717) is 6.04 Å². The molecule has 0 aliphatic carbocycles. The van der Waals surface area contributed by atoms with Gasteiger partial charge in [-0.2, -0.15) is 0 Å². The van der Waals surface area contributed by atoms with Crippen LogP contribution in [0.5, 0.6) is 0 Å². The summed E-state index contributed by atoms with van der Waals surface area (Å²) in [6.07, 6.45) is 5.41. The fourth-order valence-electron chi connectivity index (χ4n) is 4.15. The minimum atomic E-state index is 0.598. The molecule has 2 heterocycles. The lowest BCUT2D eigenvalue weighted by molar-refractivity contribution is 0.0382. The molecule has 2 fully saturated rings. The first kappa shape index (κ1) is 15.1. The molecular formula is C19H30N2. The molecule has 2 saturated heterocycles. The molecule has 2 aliphatic rings. The van der Waals surface area contributed by atoms with E-state index in [1.54, 1.807) is 0 Å². The summed E-state index contributed by atoms with van der Waals surface area (Å²) in [6, 6.07) is 12.6. The van der Waals surface area contributed by atoms with Gasteiger partial charge in [-0.3, -0.25) is 9.80 Å². The molecule has 2 aliphatic heterocycles. The fraction of sp³-hybridized carbons (Fsp3) is 0.684. The standard InChI is InChI=1S/C19H30N2/c1-3-16(4-2)13-21-14-18-11-8-12-20(18)15-19(21)17-9-6-5-7-10-17/h5-7,9-10,16,18-19H,3-4,8,11-15H2,1-2H3. The van der Waals surface area contributed by atoms with Crippen molar-refractivity contribution in [1.82, 2.24) is 9.80 Å². The Hall–Kier alpha value is -0.860. The maximum absolute atomic E-state index is 2.79. The Morgan fingerprint density at radius 1 is 1.10 bits per heavy atom. The first-order valence-electron chi connectivity index (χ1n) is 8.84. The van der Waals surface area contributed by atoms with E-state index in [-0.39, 0.29) is 0 Å². The highest BCUT2D eigenvalue weighted by molar-refractivity contribution is 5.20. The summed E-state index contributed by atoms with van der Waals surface area (Å²) in [7, 11) is 0. The SMILES string of the molecule is CCC(CC)CN1CC2CCCN2CC1c1ccccc1. The topological polar surface area (TPSA) is 6.48 Å². The predicted octanol–water partition coefficient (Wildman–Crippen LogP) is 3.94. The molecule has 1 aromatic carbocycles. The lowest BCUT2D eigenvalue weighted by atomic mass is 9.96. The first-order chi connectivity index (χ1) is 10.3. The van der Waals surface area contributed by atoms with Crippen LogP contribution in [0.3, 0.4) is 0 Å². The highest BCUT2D eigenvalue weighted by atomic mass is 15.3. The second-order valence-corrected chi connectivity index (χ2v) is 6.85. The molecule has 0 spiro atoms. The average Bonchev–Trinajstić information content (AvgIpc) is 2.99. The molecule has 2 atom stereocenters. The number of hydrogen-bond acceptors (Lipinski definition) is 2. The van der Waals surface area contributed by atoms with Crippen LogP contribution < -0.4 is 0 Å². The van der Waals surface area contributed by atoms with Crippen molar-refractivity contribution in [3.63, 3.8) is 0 Å². The third-order valence-electron chi connectivity index (χ3n) is 5.62. The lowest BCUT2D eigenvalue weighted by Crippen LogP contribution is -2.52. The third-order valence-corrected chi connectivity index (χ3v) is 5.62. The number of nitrogens with zero attached hydrogens (tertiary/aromatic N) is 2. The van der Waals surface area contributed by atoms with Crippen molar-refractivity contribution in [2.75, 3.05) is 26.2 Å². The predicted molar refractivity (Wildman–Crippen MR) is 89.4 cm³/mol. The molecule has 0 bridgehead atoms. The number of hydrogen-bond donors (Lipinski definition) is 0. The van der Waals surface area contributed by atoms with E-state index in [1.807, 2.05) is 0 Å². The fourth-order valence-corrected chi connectivity index (χ4v) is 4.15. The first-order valence-corrected chi connectivity index (χ1v) is 8.84. The monoisotopic (exact) mass is 286 g/mol. The van der Waals surface area contributed by atoms with Crippen LogP contribution in [0.2, 0.25) is 0 Å². The van der Waals surface area contributed by atoms with Gasteiger partial charge in [-0.05, 0) is 30.9 Å². The van der Waals surface area contributed by atoms with Crippen molar-refractivity contribution in [3.05, 3.63) is 35.9 Å². The van der Waals surface area contributed by atoms with Crippen LogP contribution in [0.25, 0.3) is 0 Å². The zero-order chi connectivity index (χ0) is 14.7. The second kappa shape index (κ2) is 6.93. The van der Waals surface area contributed by atoms with Gasteiger partial charge in [0.15, 0.2) is 0 Å². The van der Waals surface area contributed by atoms with E-state index in [4.69, 9.17) is 0 Å². The molecule has 0 saturated carbocycles. The summed E-state index contributed by atoms with van der Waals surface area (Å²) in [5, 5.41) is 0. The van der Waals surface area contributed by atoms with Gasteiger partial charge in [-0.1, -0.05) is 57.0 Å². The minimum absolute atomic E-state index is 0.598. The Morgan fingerprint density at radius 3 is 2.57 bits per heavy atom. The Kier molecular flexibility index (Phi) is 4.97. The zero-order valence-corrected chi connectivity index (χ0v) is 13.7. The number of fused-ring (bicyclic) bond motifs is 1. The van der Waals surface area contributed by atoms with Gasteiger partial charge in [0.2, 0.25) is 0 Å².